The zero-order valence-corrected chi connectivity index (χ0v) is 16.3. The molecule has 0 aliphatic carbocycles. The van der Waals surface area contributed by atoms with Crippen molar-refractivity contribution in [1.29, 1.82) is 0 Å². The Labute approximate surface area is 159 Å². The maximum atomic E-state index is 12.3. The lowest BCUT2D eigenvalue weighted by Crippen LogP contribution is -2.34. The Balaban J connectivity index is 2.02. The van der Waals surface area contributed by atoms with E-state index >= 15 is 0 Å². The van der Waals surface area contributed by atoms with Gasteiger partial charge in [0.2, 0.25) is 0 Å². The average Bonchev–Trinajstić information content (AvgIpc) is 2.53. The number of anilines is 1. The third-order valence-electron chi connectivity index (χ3n) is 3.15. The number of rotatable bonds is 4. The lowest BCUT2D eigenvalue weighted by atomic mass is 10.2. The molecule has 0 atom stereocenters. The smallest absolute Gasteiger partial charge is 0.257 e. The number of halogens is 2. The second kappa shape index (κ2) is 8.46. The fourth-order valence-electron chi connectivity index (χ4n) is 1.92. The summed E-state index contributed by atoms with van der Waals surface area (Å²) in [4.78, 5) is 12.3. The van der Waals surface area contributed by atoms with Gasteiger partial charge in [0, 0.05) is 16.3 Å². The number of ether oxygens (including phenoxy) is 1. The zero-order chi connectivity index (χ0) is 17.7. The normalized spacial score (nSPS) is 10.2. The summed E-state index contributed by atoms with van der Waals surface area (Å²) >= 11 is 14.6. The number of thiocarbonyl (C=S) groups is 1. The highest BCUT2D eigenvalue weighted by Gasteiger charge is 2.11. The lowest BCUT2D eigenvalue weighted by molar-refractivity contribution is 0.0977. The Morgan fingerprint density at radius 3 is 2.67 bits per heavy atom. The summed E-state index contributed by atoms with van der Waals surface area (Å²) in [7, 11) is 0. The highest BCUT2D eigenvalue weighted by Crippen LogP contribution is 2.26. The van der Waals surface area contributed by atoms with Crippen LogP contribution >= 0.6 is 39.7 Å². The average molecular weight is 428 g/mol. The Kier molecular flexibility index (Phi) is 6.60. The number of hydrogen-bond acceptors (Lipinski definition) is 3. The fraction of sp³-hybridized carbons (Fsp3) is 0.176. The van der Waals surface area contributed by atoms with Crippen LogP contribution in [0.1, 0.15) is 22.8 Å². The van der Waals surface area contributed by atoms with Gasteiger partial charge in [-0.15, -0.1) is 0 Å². The number of carbonyl (C=O) groups is 1. The third-order valence-corrected chi connectivity index (χ3v) is 4.38. The van der Waals surface area contributed by atoms with Crippen LogP contribution in [0.4, 0.5) is 5.69 Å². The van der Waals surface area contributed by atoms with Crippen molar-refractivity contribution < 1.29 is 9.53 Å². The Hall–Kier alpha value is -1.63. The molecule has 7 heteroatoms. The van der Waals surface area contributed by atoms with E-state index in [1.54, 1.807) is 24.3 Å². The van der Waals surface area contributed by atoms with Crippen LogP contribution in [0.5, 0.6) is 5.75 Å². The second-order valence-electron chi connectivity index (χ2n) is 4.95. The predicted molar refractivity (Wildman–Crippen MR) is 105 cm³/mol. The summed E-state index contributed by atoms with van der Waals surface area (Å²) in [6, 6.07) is 10.6. The summed E-state index contributed by atoms with van der Waals surface area (Å²) in [6.07, 6.45) is 0. The number of hydrogen-bond donors (Lipinski definition) is 2. The summed E-state index contributed by atoms with van der Waals surface area (Å²) in [5.41, 5.74) is 2.15. The largest absolute Gasteiger partial charge is 0.493 e. The lowest BCUT2D eigenvalue weighted by Gasteiger charge is -2.11. The van der Waals surface area contributed by atoms with Crippen LogP contribution in [-0.4, -0.2) is 17.6 Å². The van der Waals surface area contributed by atoms with Crippen LogP contribution in [0.15, 0.2) is 40.9 Å². The minimum absolute atomic E-state index is 0.199. The van der Waals surface area contributed by atoms with Gasteiger partial charge in [-0.25, -0.2) is 0 Å². The Morgan fingerprint density at radius 2 is 2.04 bits per heavy atom. The van der Waals surface area contributed by atoms with E-state index in [1.165, 1.54) is 0 Å². The molecule has 1 amide bonds. The summed E-state index contributed by atoms with van der Waals surface area (Å²) in [5.74, 6) is 0.374. The highest BCUT2D eigenvalue weighted by atomic mass is 79.9. The van der Waals surface area contributed by atoms with Crippen molar-refractivity contribution in [2.75, 3.05) is 11.9 Å². The molecule has 0 radical (unpaired) electrons. The molecule has 2 rings (SSSR count). The van der Waals surface area contributed by atoms with Gasteiger partial charge in [-0.2, -0.15) is 0 Å². The van der Waals surface area contributed by atoms with Gasteiger partial charge in [-0.05, 0) is 77.9 Å². The van der Waals surface area contributed by atoms with Crippen LogP contribution in [0.25, 0.3) is 0 Å². The molecule has 0 aromatic heterocycles. The van der Waals surface area contributed by atoms with Crippen molar-refractivity contribution in [3.63, 3.8) is 0 Å². The van der Waals surface area contributed by atoms with E-state index in [4.69, 9.17) is 28.6 Å². The molecule has 4 nitrogen and oxygen atoms in total. The molecule has 2 N–H and O–H groups in total. The molecule has 2 aromatic carbocycles. The molecule has 24 heavy (non-hydrogen) atoms. The number of nitrogens with one attached hydrogen (secondary N) is 2. The molecule has 0 heterocycles. The van der Waals surface area contributed by atoms with Crippen LogP contribution in [0.3, 0.4) is 0 Å². The molecule has 0 aliphatic heterocycles. The first kappa shape index (κ1) is 18.7. The predicted octanol–water partition coefficient (Wildman–Crippen LogP) is 4.94. The second-order valence-corrected chi connectivity index (χ2v) is 6.62. The summed E-state index contributed by atoms with van der Waals surface area (Å²) in [5, 5.41) is 6.40. The summed E-state index contributed by atoms with van der Waals surface area (Å²) < 4.78 is 6.13. The van der Waals surface area contributed by atoms with Crippen molar-refractivity contribution in [3.05, 3.63) is 57.0 Å². The van der Waals surface area contributed by atoms with Crippen LogP contribution < -0.4 is 15.4 Å². The number of benzene rings is 2. The van der Waals surface area contributed by atoms with Gasteiger partial charge in [-0.3, -0.25) is 10.1 Å². The highest BCUT2D eigenvalue weighted by molar-refractivity contribution is 9.10. The van der Waals surface area contributed by atoms with Gasteiger partial charge in [0.05, 0.1) is 11.1 Å². The number of carbonyl (C=O) groups excluding carboxylic acids is 1. The molecule has 0 saturated heterocycles. The van der Waals surface area contributed by atoms with Gasteiger partial charge in [0.25, 0.3) is 5.91 Å². The molecule has 2 aromatic rings. The topological polar surface area (TPSA) is 50.4 Å². The molecular weight excluding hydrogens is 412 g/mol. The van der Waals surface area contributed by atoms with Gasteiger partial charge in [0.15, 0.2) is 5.11 Å². The molecular formula is C17H16BrClN2O2S. The van der Waals surface area contributed by atoms with Gasteiger partial charge >= 0.3 is 0 Å². The van der Waals surface area contributed by atoms with Gasteiger partial charge in [-0.1, -0.05) is 17.7 Å². The molecule has 0 unspecified atom stereocenters. The minimum Gasteiger partial charge on any atom is -0.493 e. The van der Waals surface area contributed by atoms with Crippen LogP contribution in [0.2, 0.25) is 5.02 Å². The third kappa shape index (κ3) is 4.93. The van der Waals surface area contributed by atoms with Crippen LogP contribution in [-0.2, 0) is 0 Å². The van der Waals surface area contributed by atoms with E-state index in [-0.39, 0.29) is 11.0 Å². The first-order chi connectivity index (χ1) is 11.4. The Bertz CT molecular complexity index is 783. The number of amides is 1. The standard InChI is InChI=1S/C17H16BrClN2O2S/c1-3-23-15-7-5-11(8-13(15)18)16(22)21-17(24)20-12-6-4-10(2)14(19)9-12/h4-9H,3H2,1-2H3,(H2,20,21,22,24). The van der Waals surface area contributed by atoms with E-state index in [0.29, 0.717) is 33.1 Å². The quantitative estimate of drug-likeness (QED) is 0.679. The SMILES string of the molecule is CCOc1ccc(C(=O)NC(=S)Nc2ccc(C)c(Cl)c2)cc1Br. The van der Waals surface area contributed by atoms with E-state index < -0.39 is 0 Å². The van der Waals surface area contributed by atoms with Crippen molar-refractivity contribution in [1.82, 2.24) is 5.32 Å². The first-order valence-corrected chi connectivity index (χ1v) is 8.79. The monoisotopic (exact) mass is 426 g/mol. The van der Waals surface area contributed by atoms with Crippen molar-refractivity contribution >= 4 is 56.5 Å². The molecule has 126 valence electrons. The molecule has 0 bridgehead atoms. The Morgan fingerprint density at radius 1 is 1.29 bits per heavy atom. The fourth-order valence-corrected chi connectivity index (χ4v) is 2.81. The van der Waals surface area contributed by atoms with E-state index in [2.05, 4.69) is 26.6 Å². The van der Waals surface area contributed by atoms with Crippen molar-refractivity contribution in [2.45, 2.75) is 13.8 Å². The van der Waals surface area contributed by atoms with Crippen molar-refractivity contribution in [3.8, 4) is 5.75 Å². The van der Waals surface area contributed by atoms with Crippen LogP contribution in [0, 0.1) is 6.92 Å². The van der Waals surface area contributed by atoms with E-state index in [0.717, 1.165) is 5.56 Å². The number of aryl methyl sites for hydroxylation is 1. The van der Waals surface area contributed by atoms with Gasteiger partial charge < -0.3 is 10.1 Å². The molecule has 0 aliphatic rings. The minimum atomic E-state index is -0.311. The van der Waals surface area contributed by atoms with Gasteiger partial charge in [0.1, 0.15) is 5.75 Å². The summed E-state index contributed by atoms with van der Waals surface area (Å²) in [6.45, 7) is 4.36. The molecule has 0 saturated carbocycles. The maximum Gasteiger partial charge on any atom is 0.257 e. The first-order valence-electron chi connectivity index (χ1n) is 7.21. The zero-order valence-electron chi connectivity index (χ0n) is 13.2. The van der Waals surface area contributed by atoms with Crippen molar-refractivity contribution in [2.24, 2.45) is 0 Å². The molecule has 0 spiro atoms. The molecule has 0 fully saturated rings. The van der Waals surface area contributed by atoms with E-state index in [9.17, 15) is 4.79 Å². The van der Waals surface area contributed by atoms with E-state index in [1.807, 2.05) is 26.0 Å². The maximum absolute atomic E-state index is 12.3.